The Kier molecular flexibility index (Phi) is 6.42. The number of hydrogen-bond donors (Lipinski definition) is 1. The van der Waals surface area contributed by atoms with Crippen molar-refractivity contribution in [2.75, 3.05) is 12.4 Å². The van der Waals surface area contributed by atoms with E-state index in [-0.39, 0.29) is 11.2 Å². The van der Waals surface area contributed by atoms with Gasteiger partial charge in [0, 0.05) is 12.7 Å². The van der Waals surface area contributed by atoms with E-state index in [9.17, 15) is 9.90 Å². The van der Waals surface area contributed by atoms with Crippen LogP contribution in [0.3, 0.4) is 0 Å². The van der Waals surface area contributed by atoms with E-state index in [4.69, 9.17) is 4.74 Å². The standard InChI is InChI=1S/C8H16O3S/c1-6(2)11-4-8(10)5-12-7(3)9/h6,8,10H,4-5H2,1-3H3. The second-order valence-electron chi connectivity index (χ2n) is 2.84. The fourth-order valence-electron chi connectivity index (χ4n) is 0.565. The third kappa shape index (κ3) is 8.04. The molecule has 0 fully saturated rings. The van der Waals surface area contributed by atoms with Crippen molar-refractivity contribution in [3.63, 3.8) is 0 Å². The van der Waals surface area contributed by atoms with E-state index < -0.39 is 6.10 Å². The summed E-state index contributed by atoms with van der Waals surface area (Å²) in [6.45, 7) is 5.61. The second kappa shape index (κ2) is 6.46. The van der Waals surface area contributed by atoms with Gasteiger partial charge in [-0.2, -0.15) is 0 Å². The van der Waals surface area contributed by atoms with Gasteiger partial charge in [-0.05, 0) is 13.8 Å². The zero-order chi connectivity index (χ0) is 9.56. The summed E-state index contributed by atoms with van der Waals surface area (Å²) in [4.78, 5) is 10.5. The van der Waals surface area contributed by atoms with E-state index in [1.54, 1.807) is 0 Å². The Morgan fingerprint density at radius 3 is 2.58 bits per heavy atom. The number of ether oxygens (including phenoxy) is 1. The highest BCUT2D eigenvalue weighted by atomic mass is 32.2. The molecule has 0 radical (unpaired) electrons. The summed E-state index contributed by atoms with van der Waals surface area (Å²) in [5, 5.41) is 9.28. The van der Waals surface area contributed by atoms with Crippen LogP contribution in [0.15, 0.2) is 0 Å². The second-order valence-corrected chi connectivity index (χ2v) is 4.04. The van der Waals surface area contributed by atoms with Crippen LogP contribution < -0.4 is 0 Å². The van der Waals surface area contributed by atoms with Crippen LogP contribution >= 0.6 is 11.8 Å². The Morgan fingerprint density at radius 1 is 1.58 bits per heavy atom. The molecule has 1 unspecified atom stereocenters. The normalized spacial score (nSPS) is 13.4. The summed E-state index contributed by atoms with van der Waals surface area (Å²) in [5.41, 5.74) is 0. The Hall–Kier alpha value is -0.0600. The minimum atomic E-state index is -0.540. The predicted octanol–water partition coefficient (Wildman–Crippen LogP) is 1.05. The van der Waals surface area contributed by atoms with Gasteiger partial charge in [0.25, 0.3) is 0 Å². The van der Waals surface area contributed by atoms with Crippen LogP contribution in [0.25, 0.3) is 0 Å². The monoisotopic (exact) mass is 192 g/mol. The van der Waals surface area contributed by atoms with E-state index in [1.165, 1.54) is 6.92 Å². The molecule has 0 spiro atoms. The zero-order valence-corrected chi connectivity index (χ0v) is 8.56. The first-order chi connectivity index (χ1) is 5.52. The maximum Gasteiger partial charge on any atom is 0.185 e. The molecule has 3 nitrogen and oxygen atoms in total. The maximum absolute atomic E-state index is 10.5. The Morgan fingerprint density at radius 2 is 2.17 bits per heavy atom. The molecule has 0 saturated heterocycles. The smallest absolute Gasteiger partial charge is 0.185 e. The van der Waals surface area contributed by atoms with Crippen molar-refractivity contribution in [3.8, 4) is 0 Å². The van der Waals surface area contributed by atoms with Crippen molar-refractivity contribution in [2.24, 2.45) is 0 Å². The first-order valence-corrected chi connectivity index (χ1v) is 4.94. The molecule has 0 aliphatic rings. The average Bonchev–Trinajstić information content (AvgIpc) is 1.96. The minimum absolute atomic E-state index is 0.0265. The van der Waals surface area contributed by atoms with E-state index in [2.05, 4.69) is 0 Å². The van der Waals surface area contributed by atoms with Gasteiger partial charge in [0.15, 0.2) is 5.12 Å². The fourth-order valence-corrected chi connectivity index (χ4v) is 1.09. The summed E-state index contributed by atoms with van der Waals surface area (Å²) in [5.74, 6) is 0.419. The van der Waals surface area contributed by atoms with Crippen LogP contribution in [0.5, 0.6) is 0 Å². The van der Waals surface area contributed by atoms with Crippen LogP contribution in [0.1, 0.15) is 20.8 Å². The highest BCUT2D eigenvalue weighted by Gasteiger charge is 2.06. The van der Waals surface area contributed by atoms with Gasteiger partial charge < -0.3 is 9.84 Å². The number of hydrogen-bond acceptors (Lipinski definition) is 4. The van der Waals surface area contributed by atoms with Crippen molar-refractivity contribution in [2.45, 2.75) is 33.0 Å². The summed E-state index contributed by atoms with van der Waals surface area (Å²) < 4.78 is 5.16. The van der Waals surface area contributed by atoms with Gasteiger partial charge in [-0.3, -0.25) is 4.79 Å². The maximum atomic E-state index is 10.5. The molecule has 0 saturated carbocycles. The molecule has 0 heterocycles. The van der Waals surface area contributed by atoms with Crippen molar-refractivity contribution in [3.05, 3.63) is 0 Å². The number of thioether (sulfide) groups is 1. The Balaban J connectivity index is 3.33. The lowest BCUT2D eigenvalue weighted by atomic mass is 10.4. The van der Waals surface area contributed by atoms with Crippen LogP contribution in [-0.4, -0.2) is 34.8 Å². The van der Waals surface area contributed by atoms with Gasteiger partial charge in [-0.25, -0.2) is 0 Å². The lowest BCUT2D eigenvalue weighted by Gasteiger charge is -2.11. The van der Waals surface area contributed by atoms with Gasteiger partial charge in [-0.15, -0.1) is 0 Å². The molecule has 1 atom stereocenters. The van der Waals surface area contributed by atoms with Gasteiger partial charge in [0.2, 0.25) is 0 Å². The molecule has 0 aromatic heterocycles. The molecule has 0 rings (SSSR count). The average molecular weight is 192 g/mol. The largest absolute Gasteiger partial charge is 0.390 e. The molecule has 0 aromatic rings. The van der Waals surface area contributed by atoms with Crippen molar-refractivity contribution in [1.82, 2.24) is 0 Å². The highest BCUT2D eigenvalue weighted by molar-refractivity contribution is 8.13. The number of rotatable bonds is 5. The summed E-state index contributed by atoms with van der Waals surface area (Å²) in [6.07, 6.45) is -0.414. The molecule has 0 amide bonds. The summed E-state index contributed by atoms with van der Waals surface area (Å²) in [6, 6.07) is 0. The van der Waals surface area contributed by atoms with Gasteiger partial charge in [0.1, 0.15) is 0 Å². The lowest BCUT2D eigenvalue weighted by molar-refractivity contribution is -0.109. The van der Waals surface area contributed by atoms with Gasteiger partial charge in [-0.1, -0.05) is 11.8 Å². The zero-order valence-electron chi connectivity index (χ0n) is 7.74. The van der Waals surface area contributed by atoms with E-state index in [1.807, 2.05) is 13.8 Å². The topological polar surface area (TPSA) is 46.5 Å². The lowest BCUT2D eigenvalue weighted by Crippen LogP contribution is -2.21. The number of aliphatic hydroxyl groups excluding tert-OH is 1. The Bertz CT molecular complexity index is 136. The SMILES string of the molecule is CC(=O)SCC(O)COC(C)C. The quantitative estimate of drug-likeness (QED) is 0.707. The molecule has 72 valence electrons. The summed E-state index contributed by atoms with van der Waals surface area (Å²) in [7, 11) is 0. The third-order valence-corrected chi connectivity index (χ3v) is 2.06. The fraction of sp³-hybridized carbons (Fsp3) is 0.875. The van der Waals surface area contributed by atoms with Crippen molar-refractivity contribution >= 4 is 16.9 Å². The highest BCUT2D eigenvalue weighted by Crippen LogP contribution is 2.04. The van der Waals surface area contributed by atoms with Crippen LogP contribution in [0.2, 0.25) is 0 Å². The minimum Gasteiger partial charge on any atom is -0.390 e. The van der Waals surface area contributed by atoms with E-state index in [0.29, 0.717) is 12.4 Å². The molecule has 0 aliphatic carbocycles. The number of aliphatic hydroxyl groups is 1. The Labute approximate surface area is 77.5 Å². The van der Waals surface area contributed by atoms with Crippen molar-refractivity contribution < 1.29 is 14.6 Å². The van der Waals surface area contributed by atoms with E-state index >= 15 is 0 Å². The van der Waals surface area contributed by atoms with Crippen LogP contribution in [0, 0.1) is 0 Å². The molecule has 0 aliphatic heterocycles. The van der Waals surface area contributed by atoms with Crippen LogP contribution in [0.4, 0.5) is 0 Å². The molecule has 12 heavy (non-hydrogen) atoms. The van der Waals surface area contributed by atoms with E-state index in [0.717, 1.165) is 11.8 Å². The van der Waals surface area contributed by atoms with Gasteiger partial charge in [0.05, 0.1) is 18.8 Å². The molecule has 0 bridgehead atoms. The molecular formula is C8H16O3S. The first-order valence-electron chi connectivity index (χ1n) is 3.95. The van der Waals surface area contributed by atoms with Crippen LogP contribution in [-0.2, 0) is 9.53 Å². The van der Waals surface area contributed by atoms with Gasteiger partial charge >= 0.3 is 0 Å². The molecular weight excluding hydrogens is 176 g/mol. The number of carbonyl (C=O) groups is 1. The first kappa shape index (κ1) is 11.9. The number of carbonyl (C=O) groups excluding carboxylic acids is 1. The molecule has 1 N–H and O–H groups in total. The van der Waals surface area contributed by atoms with Crippen molar-refractivity contribution in [1.29, 1.82) is 0 Å². The summed E-state index contributed by atoms with van der Waals surface area (Å²) >= 11 is 1.12. The predicted molar refractivity (Wildman–Crippen MR) is 50.2 cm³/mol. The molecule has 0 aromatic carbocycles. The third-order valence-electron chi connectivity index (χ3n) is 1.10. The molecule has 4 heteroatoms.